The summed E-state index contributed by atoms with van der Waals surface area (Å²) in [6, 6.07) is 4.76. The number of aliphatic hydroxyl groups is 1. The van der Waals surface area contributed by atoms with Gasteiger partial charge in [0.05, 0.1) is 6.61 Å². The average Bonchev–Trinajstić information content (AvgIpc) is 2.20. The number of amides is 2. The molecule has 0 fully saturated rings. The van der Waals surface area contributed by atoms with Crippen LogP contribution in [-0.2, 0) is 0 Å². The maximum atomic E-state index is 10.6. The van der Waals surface area contributed by atoms with Gasteiger partial charge in [0.1, 0.15) is 0 Å². The van der Waals surface area contributed by atoms with E-state index in [1.54, 1.807) is 12.1 Å². The summed E-state index contributed by atoms with van der Waals surface area (Å²) in [7, 11) is 0. The lowest BCUT2D eigenvalue weighted by atomic mass is 10.1. The Kier molecular flexibility index (Phi) is 4.37. The van der Waals surface area contributed by atoms with Crippen LogP contribution in [0.1, 0.15) is 17.5 Å². The van der Waals surface area contributed by atoms with E-state index < -0.39 is 6.03 Å². The molecule has 0 aliphatic heterocycles. The van der Waals surface area contributed by atoms with Gasteiger partial charge in [-0.05, 0) is 30.7 Å². The molecule has 4 N–H and O–H groups in total. The van der Waals surface area contributed by atoms with Crippen LogP contribution < -0.4 is 11.1 Å². The Bertz CT molecular complexity index is 444. The Balaban J connectivity index is 2.84. The topological polar surface area (TPSA) is 75.3 Å². The van der Waals surface area contributed by atoms with Gasteiger partial charge in [0.25, 0.3) is 0 Å². The van der Waals surface area contributed by atoms with Crippen molar-refractivity contribution >= 4 is 11.7 Å². The first kappa shape index (κ1) is 12.1. The molecule has 0 unspecified atom stereocenters. The number of primary amides is 1. The first-order valence-electron chi connectivity index (χ1n) is 4.90. The predicted molar refractivity (Wildman–Crippen MR) is 63.0 cm³/mol. The molecule has 1 rings (SSSR count). The van der Waals surface area contributed by atoms with Gasteiger partial charge in [-0.25, -0.2) is 4.79 Å². The minimum atomic E-state index is -0.585. The molecule has 0 heterocycles. The van der Waals surface area contributed by atoms with E-state index in [0.717, 1.165) is 11.1 Å². The van der Waals surface area contributed by atoms with E-state index in [2.05, 4.69) is 17.2 Å². The number of benzene rings is 1. The molecule has 0 aromatic heterocycles. The molecule has 0 aliphatic carbocycles. The third kappa shape index (κ3) is 3.64. The number of rotatable bonds is 2. The van der Waals surface area contributed by atoms with Gasteiger partial charge in [-0.15, -0.1) is 0 Å². The van der Waals surface area contributed by atoms with Gasteiger partial charge in [-0.3, -0.25) is 0 Å². The Morgan fingerprint density at radius 1 is 1.56 bits per heavy atom. The van der Waals surface area contributed by atoms with Crippen molar-refractivity contribution in [3.05, 3.63) is 29.3 Å². The minimum absolute atomic E-state index is 0.0629. The molecule has 4 heteroatoms. The molecule has 16 heavy (non-hydrogen) atoms. The number of carbonyl (C=O) groups is 1. The van der Waals surface area contributed by atoms with Crippen molar-refractivity contribution in [3.8, 4) is 11.8 Å². The highest BCUT2D eigenvalue weighted by Crippen LogP contribution is 2.14. The molecule has 2 amide bonds. The summed E-state index contributed by atoms with van der Waals surface area (Å²) in [5, 5.41) is 11.1. The molecule has 0 atom stereocenters. The van der Waals surface area contributed by atoms with E-state index in [-0.39, 0.29) is 6.61 Å². The Morgan fingerprint density at radius 3 is 2.88 bits per heavy atom. The molecular weight excluding hydrogens is 204 g/mol. The number of hydrogen-bond donors (Lipinski definition) is 3. The van der Waals surface area contributed by atoms with Gasteiger partial charge in [-0.1, -0.05) is 11.8 Å². The SMILES string of the molecule is Cc1cc(NC(N)=O)ccc1C#CCCO. The average molecular weight is 218 g/mol. The van der Waals surface area contributed by atoms with Crippen LogP contribution in [0, 0.1) is 18.8 Å². The minimum Gasteiger partial charge on any atom is -0.395 e. The van der Waals surface area contributed by atoms with Gasteiger partial charge < -0.3 is 16.2 Å². The third-order valence-corrected chi connectivity index (χ3v) is 1.95. The molecule has 0 saturated heterocycles. The summed E-state index contributed by atoms with van der Waals surface area (Å²) >= 11 is 0. The van der Waals surface area contributed by atoms with Gasteiger partial charge >= 0.3 is 6.03 Å². The molecule has 1 aromatic rings. The lowest BCUT2D eigenvalue weighted by molar-refractivity contribution is 0.259. The monoisotopic (exact) mass is 218 g/mol. The van der Waals surface area contributed by atoms with Crippen molar-refractivity contribution in [1.82, 2.24) is 0 Å². The van der Waals surface area contributed by atoms with E-state index in [1.807, 2.05) is 13.0 Å². The highest BCUT2D eigenvalue weighted by atomic mass is 16.2. The predicted octanol–water partition coefficient (Wildman–Crippen LogP) is 1.22. The first-order valence-corrected chi connectivity index (χ1v) is 4.90. The lowest BCUT2D eigenvalue weighted by Gasteiger charge is -2.04. The number of nitrogens with one attached hydrogen (secondary N) is 1. The Morgan fingerprint density at radius 2 is 2.31 bits per heavy atom. The van der Waals surface area contributed by atoms with Crippen molar-refractivity contribution in [1.29, 1.82) is 0 Å². The fourth-order valence-electron chi connectivity index (χ4n) is 1.24. The molecule has 0 saturated carbocycles. The second kappa shape index (κ2) is 5.79. The van der Waals surface area contributed by atoms with Crippen LogP contribution in [0.25, 0.3) is 0 Å². The van der Waals surface area contributed by atoms with Crippen LogP contribution in [0.3, 0.4) is 0 Å². The number of aliphatic hydroxyl groups excluding tert-OH is 1. The number of aryl methyl sites for hydroxylation is 1. The molecule has 0 radical (unpaired) electrons. The van der Waals surface area contributed by atoms with Crippen LogP contribution in [-0.4, -0.2) is 17.7 Å². The van der Waals surface area contributed by atoms with E-state index >= 15 is 0 Å². The first-order chi connectivity index (χ1) is 7.63. The highest BCUT2D eigenvalue weighted by Gasteiger charge is 1.99. The summed E-state index contributed by atoms with van der Waals surface area (Å²) < 4.78 is 0. The van der Waals surface area contributed by atoms with Crippen molar-refractivity contribution in [2.45, 2.75) is 13.3 Å². The summed E-state index contributed by atoms with van der Waals surface area (Å²) in [6.07, 6.45) is 0.459. The van der Waals surface area contributed by atoms with E-state index in [9.17, 15) is 4.79 Å². The molecule has 4 nitrogen and oxygen atoms in total. The highest BCUT2D eigenvalue weighted by molar-refractivity contribution is 5.87. The van der Waals surface area contributed by atoms with Crippen LogP contribution in [0.2, 0.25) is 0 Å². The second-order valence-corrected chi connectivity index (χ2v) is 3.29. The van der Waals surface area contributed by atoms with Crippen LogP contribution >= 0.6 is 0 Å². The summed E-state index contributed by atoms with van der Waals surface area (Å²) in [5.74, 6) is 5.78. The zero-order chi connectivity index (χ0) is 12.0. The van der Waals surface area contributed by atoms with Gasteiger partial charge in [0.2, 0.25) is 0 Å². The smallest absolute Gasteiger partial charge is 0.316 e. The lowest BCUT2D eigenvalue weighted by Crippen LogP contribution is -2.19. The van der Waals surface area contributed by atoms with E-state index in [0.29, 0.717) is 12.1 Å². The fraction of sp³-hybridized carbons (Fsp3) is 0.250. The maximum absolute atomic E-state index is 10.6. The zero-order valence-electron chi connectivity index (χ0n) is 9.08. The standard InChI is InChI=1S/C12H14N2O2/c1-9-8-11(14-12(13)16)6-5-10(9)4-2-3-7-15/h5-6,8,15H,3,7H2,1H3,(H3,13,14,16). The Hall–Kier alpha value is -1.99. The van der Waals surface area contributed by atoms with Gasteiger partial charge in [0, 0.05) is 17.7 Å². The number of urea groups is 1. The van der Waals surface area contributed by atoms with Crippen molar-refractivity contribution in [2.75, 3.05) is 11.9 Å². The van der Waals surface area contributed by atoms with E-state index in [1.165, 1.54) is 0 Å². The fourth-order valence-corrected chi connectivity index (χ4v) is 1.24. The summed E-state index contributed by atoms with van der Waals surface area (Å²) in [5.41, 5.74) is 7.49. The second-order valence-electron chi connectivity index (χ2n) is 3.29. The molecular formula is C12H14N2O2. The largest absolute Gasteiger partial charge is 0.395 e. The molecule has 0 aliphatic rings. The van der Waals surface area contributed by atoms with Crippen molar-refractivity contribution in [3.63, 3.8) is 0 Å². The summed E-state index contributed by atoms with van der Waals surface area (Å²) in [4.78, 5) is 10.6. The maximum Gasteiger partial charge on any atom is 0.316 e. The zero-order valence-corrected chi connectivity index (χ0v) is 9.08. The molecule has 0 spiro atoms. The molecule has 0 bridgehead atoms. The Labute approximate surface area is 94.5 Å². The van der Waals surface area contributed by atoms with Crippen LogP contribution in [0.4, 0.5) is 10.5 Å². The van der Waals surface area contributed by atoms with Gasteiger partial charge in [0.15, 0.2) is 0 Å². The number of anilines is 1. The molecule has 84 valence electrons. The van der Waals surface area contributed by atoms with Gasteiger partial charge in [-0.2, -0.15) is 0 Å². The van der Waals surface area contributed by atoms with Crippen molar-refractivity contribution < 1.29 is 9.90 Å². The third-order valence-electron chi connectivity index (χ3n) is 1.95. The number of nitrogens with two attached hydrogens (primary N) is 1. The molecule has 1 aromatic carbocycles. The summed E-state index contributed by atoms with van der Waals surface area (Å²) in [6.45, 7) is 1.96. The van der Waals surface area contributed by atoms with Crippen molar-refractivity contribution in [2.24, 2.45) is 5.73 Å². The number of carbonyl (C=O) groups excluding carboxylic acids is 1. The quantitative estimate of drug-likeness (QED) is 0.653. The van der Waals surface area contributed by atoms with E-state index in [4.69, 9.17) is 10.8 Å². The number of hydrogen-bond acceptors (Lipinski definition) is 2. The normalized spacial score (nSPS) is 9.12. The van der Waals surface area contributed by atoms with Crippen LogP contribution in [0.5, 0.6) is 0 Å². The van der Waals surface area contributed by atoms with Crippen LogP contribution in [0.15, 0.2) is 18.2 Å².